The Labute approximate surface area is 40.5 Å². The van der Waals surface area contributed by atoms with Gasteiger partial charge in [0.05, 0.1) is 6.04 Å². The maximum absolute atomic E-state index is 11.8. The van der Waals surface area contributed by atoms with E-state index in [1.807, 2.05) is 0 Å². The molecule has 7 heavy (non-hydrogen) atoms. The van der Waals surface area contributed by atoms with Crippen molar-refractivity contribution in [1.29, 1.82) is 0 Å². The second kappa shape index (κ2) is 1.15. The van der Waals surface area contributed by atoms with Gasteiger partial charge in [-0.1, -0.05) is 0 Å². The van der Waals surface area contributed by atoms with Crippen molar-refractivity contribution < 1.29 is 8.78 Å². The van der Waals surface area contributed by atoms with E-state index < -0.39 is 12.0 Å². The zero-order chi connectivity index (χ0) is 5.49. The first kappa shape index (κ1) is 4.97. The number of nitrogens with two attached hydrogens (primary N) is 1. The molecule has 0 unspecified atom stereocenters. The van der Waals surface area contributed by atoms with Gasteiger partial charge in [-0.05, 0) is 6.42 Å². The van der Waals surface area contributed by atoms with Gasteiger partial charge in [0.25, 0.3) is 5.92 Å². The van der Waals surface area contributed by atoms with Crippen molar-refractivity contribution in [3.63, 3.8) is 0 Å². The molecule has 1 saturated carbocycles. The molecule has 1 aliphatic rings. The Morgan fingerprint density at radius 1 is 1.57 bits per heavy atom. The molecule has 1 atom stereocenters. The van der Waals surface area contributed by atoms with Crippen LogP contribution in [0.3, 0.4) is 0 Å². The number of hydrogen-bond acceptors (Lipinski definition) is 1. The van der Waals surface area contributed by atoms with Crippen LogP contribution in [0.5, 0.6) is 0 Å². The second-order valence-electron chi connectivity index (χ2n) is 1.91. The highest BCUT2D eigenvalue weighted by molar-refractivity contribution is 4.90. The van der Waals surface area contributed by atoms with Gasteiger partial charge in [-0.2, -0.15) is 0 Å². The molecule has 0 aromatic carbocycles. The molecule has 0 heterocycles. The summed E-state index contributed by atoms with van der Waals surface area (Å²) in [5.74, 6) is -2.54. The zero-order valence-corrected chi connectivity index (χ0v) is 3.82. The van der Waals surface area contributed by atoms with Crippen LogP contribution in [0.2, 0.25) is 0 Å². The molecule has 1 rings (SSSR count). The first-order chi connectivity index (χ1) is 3.13. The summed E-state index contributed by atoms with van der Waals surface area (Å²) in [6.45, 7) is 0. The Balaban J connectivity index is 2.43. The molecule has 0 aromatic heterocycles. The Bertz CT molecular complexity index is 81.8. The topological polar surface area (TPSA) is 26.0 Å². The molecule has 0 amide bonds. The fourth-order valence-electron chi connectivity index (χ4n) is 0.529. The number of alkyl halides is 2. The molecule has 3 heteroatoms. The van der Waals surface area contributed by atoms with Crippen molar-refractivity contribution >= 4 is 0 Å². The molecule has 42 valence electrons. The summed E-state index contributed by atoms with van der Waals surface area (Å²) in [7, 11) is 0. The van der Waals surface area contributed by atoms with Gasteiger partial charge in [0.1, 0.15) is 0 Å². The average Bonchev–Trinajstić information content (AvgIpc) is 1.63. The van der Waals surface area contributed by atoms with Crippen molar-refractivity contribution in [2.24, 2.45) is 5.73 Å². The molecule has 0 aliphatic heterocycles. The van der Waals surface area contributed by atoms with Crippen LogP contribution in [0.25, 0.3) is 0 Å². The lowest BCUT2D eigenvalue weighted by atomic mass is 9.89. The minimum absolute atomic E-state index is 0.0197. The molecule has 2 N–H and O–H groups in total. The summed E-state index contributed by atoms with van der Waals surface area (Å²) < 4.78 is 23.6. The summed E-state index contributed by atoms with van der Waals surface area (Å²) in [5.41, 5.74) is 4.91. The largest absolute Gasteiger partial charge is 0.323 e. The summed E-state index contributed by atoms with van der Waals surface area (Å²) in [4.78, 5) is 0. The van der Waals surface area contributed by atoms with Crippen LogP contribution in [-0.4, -0.2) is 12.0 Å². The standard InChI is InChI=1S/C4H7F2N/c5-4(6)2-1-3(4)7/h3H,1-2,7H2/t3-/m1/s1. The molecule has 0 saturated heterocycles. The van der Waals surface area contributed by atoms with E-state index >= 15 is 0 Å². The molecule has 0 spiro atoms. The lowest BCUT2D eigenvalue weighted by Crippen LogP contribution is -2.49. The quantitative estimate of drug-likeness (QED) is 0.485. The van der Waals surface area contributed by atoms with Gasteiger partial charge >= 0.3 is 0 Å². The molecular weight excluding hydrogens is 100 g/mol. The molecule has 0 bridgehead atoms. The van der Waals surface area contributed by atoms with Crippen LogP contribution in [0.15, 0.2) is 0 Å². The fourth-order valence-corrected chi connectivity index (χ4v) is 0.529. The van der Waals surface area contributed by atoms with Crippen molar-refractivity contribution in [3.05, 3.63) is 0 Å². The van der Waals surface area contributed by atoms with E-state index in [2.05, 4.69) is 0 Å². The predicted molar refractivity (Wildman–Crippen MR) is 22.2 cm³/mol. The third-order valence-electron chi connectivity index (χ3n) is 1.33. The molecule has 0 radical (unpaired) electrons. The van der Waals surface area contributed by atoms with Crippen LogP contribution in [0.4, 0.5) is 8.78 Å². The Morgan fingerprint density at radius 3 is 2.00 bits per heavy atom. The smallest absolute Gasteiger partial charge is 0.262 e. The van der Waals surface area contributed by atoms with Gasteiger partial charge in [0.2, 0.25) is 0 Å². The number of hydrogen-bond donors (Lipinski definition) is 1. The SMILES string of the molecule is N[C@@H]1CCC1(F)F. The Morgan fingerprint density at radius 2 is 2.00 bits per heavy atom. The van der Waals surface area contributed by atoms with Gasteiger partial charge in [-0.3, -0.25) is 0 Å². The van der Waals surface area contributed by atoms with Crippen LogP contribution in [-0.2, 0) is 0 Å². The van der Waals surface area contributed by atoms with E-state index in [-0.39, 0.29) is 6.42 Å². The first-order valence-corrected chi connectivity index (χ1v) is 2.26. The minimum Gasteiger partial charge on any atom is -0.323 e. The highest BCUT2D eigenvalue weighted by Crippen LogP contribution is 2.35. The zero-order valence-electron chi connectivity index (χ0n) is 3.82. The molecule has 1 fully saturated rings. The lowest BCUT2D eigenvalue weighted by molar-refractivity contribution is -0.0921. The van der Waals surface area contributed by atoms with Crippen molar-refractivity contribution in [3.8, 4) is 0 Å². The normalized spacial score (nSPS) is 37.3. The summed E-state index contributed by atoms with van der Waals surface area (Å²) >= 11 is 0. The highest BCUT2D eigenvalue weighted by atomic mass is 19.3. The van der Waals surface area contributed by atoms with E-state index in [0.717, 1.165) is 0 Å². The number of halogens is 2. The second-order valence-corrected chi connectivity index (χ2v) is 1.91. The van der Waals surface area contributed by atoms with Gasteiger partial charge in [0, 0.05) is 6.42 Å². The van der Waals surface area contributed by atoms with E-state index in [9.17, 15) is 8.78 Å². The molecule has 1 nitrogen and oxygen atoms in total. The van der Waals surface area contributed by atoms with Gasteiger partial charge in [-0.15, -0.1) is 0 Å². The molecule has 0 aromatic rings. The van der Waals surface area contributed by atoms with Crippen molar-refractivity contribution in [2.45, 2.75) is 24.8 Å². The van der Waals surface area contributed by atoms with Crippen LogP contribution >= 0.6 is 0 Å². The van der Waals surface area contributed by atoms with Crippen LogP contribution in [0, 0.1) is 0 Å². The maximum Gasteiger partial charge on any atom is 0.262 e. The van der Waals surface area contributed by atoms with E-state index in [1.165, 1.54) is 0 Å². The third-order valence-corrected chi connectivity index (χ3v) is 1.33. The third kappa shape index (κ3) is 0.608. The summed E-state index contributed by atoms with van der Waals surface area (Å²) in [6.07, 6.45) is 0.459. The van der Waals surface area contributed by atoms with Gasteiger partial charge < -0.3 is 5.73 Å². The van der Waals surface area contributed by atoms with Crippen molar-refractivity contribution in [2.75, 3.05) is 0 Å². The van der Waals surface area contributed by atoms with Gasteiger partial charge in [-0.25, -0.2) is 8.78 Å². The van der Waals surface area contributed by atoms with Crippen molar-refractivity contribution in [1.82, 2.24) is 0 Å². The van der Waals surface area contributed by atoms with E-state index in [1.54, 1.807) is 0 Å². The maximum atomic E-state index is 11.8. The Hall–Kier alpha value is -0.180. The van der Waals surface area contributed by atoms with Crippen LogP contribution in [0.1, 0.15) is 12.8 Å². The van der Waals surface area contributed by atoms with Crippen LogP contribution < -0.4 is 5.73 Å². The van der Waals surface area contributed by atoms with E-state index in [0.29, 0.717) is 6.42 Å². The minimum atomic E-state index is -2.54. The predicted octanol–water partition coefficient (Wildman–Crippen LogP) is 0.743. The summed E-state index contributed by atoms with van der Waals surface area (Å²) in [6, 6.07) is -0.854. The van der Waals surface area contributed by atoms with E-state index in [4.69, 9.17) is 5.73 Å². The fraction of sp³-hybridized carbons (Fsp3) is 1.00. The average molecular weight is 107 g/mol. The lowest BCUT2D eigenvalue weighted by Gasteiger charge is -2.32. The van der Waals surface area contributed by atoms with Gasteiger partial charge in [0.15, 0.2) is 0 Å². The molecular formula is C4H7F2N. The monoisotopic (exact) mass is 107 g/mol. The Kier molecular flexibility index (Phi) is 0.819. The molecule has 1 aliphatic carbocycles. The summed E-state index contributed by atoms with van der Waals surface area (Å²) in [5, 5.41) is 0. The number of rotatable bonds is 0. The highest BCUT2D eigenvalue weighted by Gasteiger charge is 2.45. The first-order valence-electron chi connectivity index (χ1n) is 2.26.